The first-order valence-corrected chi connectivity index (χ1v) is 10.6. The van der Waals surface area contributed by atoms with Gasteiger partial charge in [-0.3, -0.25) is 4.79 Å². The number of hydrogen-bond acceptors (Lipinski definition) is 3. The van der Waals surface area contributed by atoms with Gasteiger partial charge in [-0.15, -0.1) is 0 Å². The Labute approximate surface area is 176 Å². The van der Waals surface area contributed by atoms with Crippen molar-refractivity contribution in [2.24, 2.45) is 0 Å². The number of amides is 1. The number of rotatable bonds is 7. The maximum atomic E-state index is 13.3. The summed E-state index contributed by atoms with van der Waals surface area (Å²) in [5.74, 6) is -0.768. The monoisotopic (exact) mass is 468 g/mol. The van der Waals surface area contributed by atoms with Gasteiger partial charge in [-0.25, -0.2) is 8.42 Å². The van der Waals surface area contributed by atoms with Crippen molar-refractivity contribution in [3.05, 3.63) is 58.1 Å². The summed E-state index contributed by atoms with van der Waals surface area (Å²) in [7, 11) is -4.59. The van der Waals surface area contributed by atoms with Gasteiger partial charge < -0.3 is 5.32 Å². The summed E-state index contributed by atoms with van der Waals surface area (Å²) >= 11 is 11.8. The van der Waals surface area contributed by atoms with Gasteiger partial charge >= 0.3 is 6.18 Å². The lowest BCUT2D eigenvalue weighted by molar-refractivity contribution is -0.139. The second kappa shape index (κ2) is 9.34. The lowest BCUT2D eigenvalue weighted by atomic mass is 10.2. The molecule has 0 radical (unpaired) electrons. The summed E-state index contributed by atoms with van der Waals surface area (Å²) in [4.78, 5) is 11.5. The number of alkyl halides is 3. The number of carbonyl (C=O) groups is 1. The highest BCUT2D eigenvalue weighted by molar-refractivity contribution is 7.89. The molecule has 1 N–H and O–H groups in total. The number of hydrogen-bond donors (Lipinski definition) is 1. The number of carbonyl (C=O) groups excluding carboxylic acids is 1. The van der Waals surface area contributed by atoms with Crippen LogP contribution in [0.25, 0.3) is 0 Å². The van der Waals surface area contributed by atoms with Crippen molar-refractivity contribution in [3.8, 4) is 0 Å². The molecule has 0 bridgehead atoms. The lowest BCUT2D eigenvalue weighted by Crippen LogP contribution is -2.39. The standard InChI is InChI=1S/C18H17Cl2F3N2O3S/c1-2-9-25(11-17(26)24-15-10-12(19)7-8-14(15)20)29(27,28)16-6-4-3-5-13(16)18(21,22)23/h3-8,10H,2,9,11H2,1H3,(H,24,26). The Bertz CT molecular complexity index is 998. The van der Waals surface area contributed by atoms with E-state index in [1.54, 1.807) is 6.92 Å². The maximum absolute atomic E-state index is 13.3. The van der Waals surface area contributed by atoms with Gasteiger partial charge in [0.15, 0.2) is 0 Å². The second-order valence-electron chi connectivity index (χ2n) is 6.00. The number of halogens is 5. The maximum Gasteiger partial charge on any atom is 0.417 e. The van der Waals surface area contributed by atoms with E-state index < -0.39 is 39.1 Å². The molecule has 29 heavy (non-hydrogen) atoms. The highest BCUT2D eigenvalue weighted by Crippen LogP contribution is 2.35. The van der Waals surface area contributed by atoms with Gasteiger partial charge in [-0.2, -0.15) is 17.5 Å². The third-order valence-electron chi connectivity index (χ3n) is 3.81. The van der Waals surface area contributed by atoms with Crippen LogP contribution in [-0.4, -0.2) is 31.7 Å². The zero-order valence-electron chi connectivity index (χ0n) is 15.1. The predicted octanol–water partition coefficient (Wildman–Crippen LogP) is 5.05. The van der Waals surface area contributed by atoms with E-state index in [0.717, 1.165) is 12.1 Å². The zero-order valence-corrected chi connectivity index (χ0v) is 17.5. The normalized spacial score (nSPS) is 12.2. The van der Waals surface area contributed by atoms with E-state index in [2.05, 4.69) is 5.32 Å². The molecule has 0 unspecified atom stereocenters. The predicted molar refractivity (Wildman–Crippen MR) is 106 cm³/mol. The minimum Gasteiger partial charge on any atom is -0.324 e. The van der Waals surface area contributed by atoms with Gasteiger partial charge in [-0.05, 0) is 36.8 Å². The molecular weight excluding hydrogens is 452 g/mol. The highest BCUT2D eigenvalue weighted by Gasteiger charge is 2.39. The molecule has 0 spiro atoms. The Hall–Kier alpha value is -1.81. The summed E-state index contributed by atoms with van der Waals surface area (Å²) in [5.41, 5.74) is -1.13. The van der Waals surface area contributed by atoms with E-state index in [4.69, 9.17) is 23.2 Å². The molecule has 0 saturated heterocycles. The highest BCUT2D eigenvalue weighted by atomic mass is 35.5. The molecule has 0 aliphatic carbocycles. The summed E-state index contributed by atoms with van der Waals surface area (Å²) < 4.78 is 66.3. The summed E-state index contributed by atoms with van der Waals surface area (Å²) in [5, 5.41) is 2.89. The van der Waals surface area contributed by atoms with Crippen molar-refractivity contribution >= 4 is 44.8 Å². The van der Waals surface area contributed by atoms with Crippen LogP contribution in [0.5, 0.6) is 0 Å². The van der Waals surface area contributed by atoms with Crippen molar-refractivity contribution in [1.82, 2.24) is 4.31 Å². The topological polar surface area (TPSA) is 66.5 Å². The van der Waals surface area contributed by atoms with E-state index in [1.807, 2.05) is 0 Å². The van der Waals surface area contributed by atoms with Gasteiger partial charge in [0.1, 0.15) is 0 Å². The first kappa shape index (κ1) is 23.5. The van der Waals surface area contributed by atoms with Crippen LogP contribution in [0.2, 0.25) is 10.0 Å². The van der Waals surface area contributed by atoms with Crippen molar-refractivity contribution in [1.29, 1.82) is 0 Å². The molecular formula is C18H17Cl2F3N2O3S. The first-order valence-electron chi connectivity index (χ1n) is 8.38. The SMILES string of the molecule is CCCN(CC(=O)Nc1cc(Cl)ccc1Cl)S(=O)(=O)c1ccccc1C(F)(F)F. The third kappa shape index (κ3) is 5.85. The summed E-state index contributed by atoms with van der Waals surface area (Å²) in [6, 6.07) is 8.16. The molecule has 11 heteroatoms. The van der Waals surface area contributed by atoms with Crippen LogP contribution in [0.15, 0.2) is 47.4 Å². The number of benzene rings is 2. The van der Waals surface area contributed by atoms with Crippen LogP contribution in [0.3, 0.4) is 0 Å². The fourth-order valence-corrected chi connectivity index (χ4v) is 4.58. The molecule has 0 atom stereocenters. The van der Waals surface area contributed by atoms with Crippen molar-refractivity contribution in [2.75, 3.05) is 18.4 Å². The Morgan fingerprint density at radius 2 is 1.79 bits per heavy atom. The third-order valence-corrected chi connectivity index (χ3v) is 6.27. The minimum absolute atomic E-state index is 0.148. The van der Waals surface area contributed by atoms with E-state index in [9.17, 15) is 26.4 Å². The summed E-state index contributed by atoms with van der Waals surface area (Å²) in [6.07, 6.45) is -4.57. The van der Waals surface area contributed by atoms with E-state index in [1.165, 1.54) is 24.3 Å². The Kier molecular flexibility index (Phi) is 7.56. The van der Waals surface area contributed by atoms with Gasteiger partial charge in [0.25, 0.3) is 0 Å². The molecule has 0 aromatic heterocycles. The zero-order chi connectivity index (χ0) is 21.8. The number of anilines is 1. The van der Waals surface area contributed by atoms with Crippen LogP contribution >= 0.6 is 23.2 Å². The average molecular weight is 469 g/mol. The van der Waals surface area contributed by atoms with Gasteiger partial charge in [-0.1, -0.05) is 42.3 Å². The van der Waals surface area contributed by atoms with E-state index in [-0.39, 0.29) is 17.3 Å². The van der Waals surface area contributed by atoms with Crippen molar-refractivity contribution in [3.63, 3.8) is 0 Å². The summed E-state index contributed by atoms with van der Waals surface area (Å²) in [6.45, 7) is 0.806. The van der Waals surface area contributed by atoms with Crippen LogP contribution in [0.1, 0.15) is 18.9 Å². The molecule has 5 nitrogen and oxygen atoms in total. The quantitative estimate of drug-likeness (QED) is 0.617. The van der Waals surface area contributed by atoms with Gasteiger partial charge in [0, 0.05) is 11.6 Å². The number of nitrogens with one attached hydrogen (secondary N) is 1. The van der Waals surface area contributed by atoms with Crippen LogP contribution in [0.4, 0.5) is 18.9 Å². The molecule has 0 heterocycles. The molecule has 1 amide bonds. The van der Waals surface area contributed by atoms with Crippen molar-refractivity contribution < 1.29 is 26.4 Å². The van der Waals surface area contributed by atoms with Crippen LogP contribution < -0.4 is 5.32 Å². The largest absolute Gasteiger partial charge is 0.417 e. The number of nitrogens with zero attached hydrogens (tertiary/aromatic N) is 1. The molecule has 2 rings (SSSR count). The number of sulfonamides is 1. The fourth-order valence-electron chi connectivity index (χ4n) is 2.54. The van der Waals surface area contributed by atoms with Gasteiger partial charge in [0.2, 0.25) is 15.9 Å². The lowest BCUT2D eigenvalue weighted by Gasteiger charge is -2.23. The van der Waals surface area contributed by atoms with Crippen LogP contribution in [0, 0.1) is 0 Å². The molecule has 0 aliphatic rings. The molecule has 0 aliphatic heterocycles. The van der Waals surface area contributed by atoms with E-state index >= 15 is 0 Å². The average Bonchev–Trinajstić information content (AvgIpc) is 2.63. The Balaban J connectivity index is 2.34. The van der Waals surface area contributed by atoms with Gasteiger partial charge in [0.05, 0.1) is 27.7 Å². The molecule has 158 valence electrons. The van der Waals surface area contributed by atoms with Crippen LogP contribution in [-0.2, 0) is 21.0 Å². The first-order chi connectivity index (χ1) is 13.5. The Morgan fingerprint density at radius 1 is 1.14 bits per heavy atom. The molecule has 2 aromatic rings. The fraction of sp³-hybridized carbons (Fsp3) is 0.278. The Morgan fingerprint density at radius 3 is 2.41 bits per heavy atom. The minimum atomic E-state index is -4.86. The van der Waals surface area contributed by atoms with Crippen molar-refractivity contribution in [2.45, 2.75) is 24.4 Å². The smallest absolute Gasteiger partial charge is 0.324 e. The molecule has 0 fully saturated rings. The molecule has 0 saturated carbocycles. The second-order valence-corrected chi connectivity index (χ2v) is 8.75. The molecule has 2 aromatic carbocycles. The van der Waals surface area contributed by atoms with E-state index in [0.29, 0.717) is 21.8 Å².